The van der Waals surface area contributed by atoms with Gasteiger partial charge in [-0.3, -0.25) is 4.79 Å². The van der Waals surface area contributed by atoms with Crippen LogP contribution in [0.3, 0.4) is 0 Å². The van der Waals surface area contributed by atoms with E-state index >= 15 is 0 Å². The first-order valence-corrected chi connectivity index (χ1v) is 9.31. The zero-order valence-electron chi connectivity index (χ0n) is 14.2. The van der Waals surface area contributed by atoms with E-state index in [-0.39, 0.29) is 23.2 Å². The molecule has 2 heterocycles. The van der Waals surface area contributed by atoms with Crippen LogP contribution in [0, 0.1) is 5.82 Å². The molecule has 6 heteroatoms. The number of nitrogens with zero attached hydrogens (tertiary/aromatic N) is 1. The standard InChI is InChI=1S/C20H18FNO3S/c1-11-8-14-17(23)7-6-15-19(14)20(26-11)16(9-18(24)25)22(15)10-12-2-4-13(21)5-3-12/h2-7,11,23H,8-10H2,1H3,(H,24,25). The fourth-order valence-corrected chi connectivity index (χ4v) is 4.97. The van der Waals surface area contributed by atoms with E-state index in [1.54, 1.807) is 30.0 Å². The number of carboxylic acids is 1. The van der Waals surface area contributed by atoms with Gasteiger partial charge in [0, 0.05) is 33.3 Å². The Bertz CT molecular complexity index is 1010. The molecule has 1 aromatic heterocycles. The summed E-state index contributed by atoms with van der Waals surface area (Å²) < 4.78 is 15.2. The van der Waals surface area contributed by atoms with Crippen molar-refractivity contribution in [1.29, 1.82) is 0 Å². The Labute approximate surface area is 154 Å². The summed E-state index contributed by atoms with van der Waals surface area (Å²) in [7, 11) is 0. The predicted octanol–water partition coefficient (Wildman–Crippen LogP) is 4.20. The van der Waals surface area contributed by atoms with Crippen LogP contribution in [0.15, 0.2) is 41.3 Å². The molecule has 1 atom stereocenters. The van der Waals surface area contributed by atoms with E-state index in [1.807, 2.05) is 10.6 Å². The maximum atomic E-state index is 13.2. The first kappa shape index (κ1) is 17.0. The summed E-state index contributed by atoms with van der Waals surface area (Å²) in [6, 6.07) is 9.75. The molecule has 4 rings (SSSR count). The van der Waals surface area contributed by atoms with Crippen molar-refractivity contribution in [3.8, 4) is 5.75 Å². The molecule has 0 radical (unpaired) electrons. The van der Waals surface area contributed by atoms with Gasteiger partial charge >= 0.3 is 5.97 Å². The van der Waals surface area contributed by atoms with Gasteiger partial charge in [0.25, 0.3) is 0 Å². The van der Waals surface area contributed by atoms with Crippen LogP contribution in [0.1, 0.15) is 23.7 Å². The Kier molecular flexibility index (Phi) is 4.15. The molecule has 0 saturated heterocycles. The minimum absolute atomic E-state index is 0.0921. The fourth-order valence-electron chi connectivity index (χ4n) is 3.65. The Morgan fingerprint density at radius 1 is 1.27 bits per heavy atom. The van der Waals surface area contributed by atoms with Crippen LogP contribution in [0.4, 0.5) is 4.39 Å². The maximum Gasteiger partial charge on any atom is 0.309 e. The summed E-state index contributed by atoms with van der Waals surface area (Å²) >= 11 is 1.66. The lowest BCUT2D eigenvalue weighted by molar-refractivity contribution is -0.136. The molecule has 3 aromatic rings. The number of hydrogen-bond donors (Lipinski definition) is 2. The van der Waals surface area contributed by atoms with Crippen molar-refractivity contribution in [1.82, 2.24) is 4.57 Å². The minimum Gasteiger partial charge on any atom is -0.508 e. The van der Waals surface area contributed by atoms with Gasteiger partial charge in [-0.05, 0) is 36.2 Å². The number of aromatic hydroxyl groups is 1. The first-order chi connectivity index (χ1) is 12.4. The number of benzene rings is 2. The van der Waals surface area contributed by atoms with Gasteiger partial charge in [-0.1, -0.05) is 19.1 Å². The van der Waals surface area contributed by atoms with Gasteiger partial charge in [-0.2, -0.15) is 0 Å². The van der Waals surface area contributed by atoms with Gasteiger partial charge < -0.3 is 14.8 Å². The molecule has 0 bridgehead atoms. The summed E-state index contributed by atoms with van der Waals surface area (Å²) in [6.07, 6.45) is 0.652. The number of phenolic OH excluding ortho intramolecular Hbond substituents is 1. The third-order valence-corrected chi connectivity index (χ3v) is 6.00. The molecule has 0 spiro atoms. The molecule has 1 aliphatic rings. The second kappa shape index (κ2) is 6.36. The van der Waals surface area contributed by atoms with Gasteiger partial charge in [0.05, 0.1) is 11.9 Å². The van der Waals surface area contributed by atoms with E-state index in [2.05, 4.69) is 6.92 Å². The molecule has 2 aromatic carbocycles. The van der Waals surface area contributed by atoms with Crippen LogP contribution in [0.2, 0.25) is 0 Å². The van der Waals surface area contributed by atoms with Crippen molar-refractivity contribution in [2.75, 3.05) is 0 Å². The average Bonchev–Trinajstić information content (AvgIpc) is 2.86. The van der Waals surface area contributed by atoms with Crippen molar-refractivity contribution in [2.24, 2.45) is 0 Å². The van der Waals surface area contributed by atoms with Crippen molar-refractivity contribution in [3.63, 3.8) is 0 Å². The highest BCUT2D eigenvalue weighted by atomic mass is 32.2. The molecule has 0 aliphatic carbocycles. The smallest absolute Gasteiger partial charge is 0.309 e. The van der Waals surface area contributed by atoms with E-state index in [1.165, 1.54) is 12.1 Å². The average molecular weight is 371 g/mol. The van der Waals surface area contributed by atoms with Crippen molar-refractivity contribution in [3.05, 3.63) is 59.0 Å². The Balaban J connectivity index is 1.94. The molecule has 0 saturated carbocycles. The lowest BCUT2D eigenvalue weighted by atomic mass is 10.0. The summed E-state index contributed by atoms with van der Waals surface area (Å²) in [5.41, 5.74) is 3.43. The summed E-state index contributed by atoms with van der Waals surface area (Å²) in [5, 5.41) is 20.9. The van der Waals surface area contributed by atoms with E-state index in [9.17, 15) is 19.4 Å². The summed E-state index contributed by atoms with van der Waals surface area (Å²) in [5.74, 6) is -0.937. The van der Waals surface area contributed by atoms with Crippen molar-refractivity contribution in [2.45, 2.75) is 36.5 Å². The van der Waals surface area contributed by atoms with Crippen LogP contribution in [-0.2, 0) is 24.2 Å². The number of aromatic nitrogens is 1. The number of rotatable bonds is 4. The molecule has 0 fully saturated rings. The number of aliphatic carboxylic acids is 1. The fraction of sp³-hybridized carbons (Fsp3) is 0.250. The number of carbonyl (C=O) groups is 1. The van der Waals surface area contributed by atoms with Crippen LogP contribution in [-0.4, -0.2) is 26.0 Å². The number of phenols is 1. The molecular formula is C20H18FNO3S. The quantitative estimate of drug-likeness (QED) is 0.722. The number of thioether (sulfide) groups is 1. The minimum atomic E-state index is -0.894. The second-order valence-corrected chi connectivity index (χ2v) is 8.10. The van der Waals surface area contributed by atoms with Gasteiger partial charge in [0.2, 0.25) is 0 Å². The molecule has 0 amide bonds. The highest BCUT2D eigenvalue weighted by Gasteiger charge is 2.28. The van der Waals surface area contributed by atoms with Crippen LogP contribution in [0.5, 0.6) is 5.75 Å². The molecule has 2 N–H and O–H groups in total. The summed E-state index contributed by atoms with van der Waals surface area (Å²) in [4.78, 5) is 12.4. The largest absolute Gasteiger partial charge is 0.508 e. The highest BCUT2D eigenvalue weighted by Crippen LogP contribution is 2.46. The van der Waals surface area contributed by atoms with E-state index < -0.39 is 5.97 Å². The van der Waals surface area contributed by atoms with Gasteiger partial charge in [0.15, 0.2) is 0 Å². The lowest BCUT2D eigenvalue weighted by Gasteiger charge is -2.20. The summed E-state index contributed by atoms with van der Waals surface area (Å²) in [6.45, 7) is 2.53. The Hall–Kier alpha value is -2.47. The molecule has 26 heavy (non-hydrogen) atoms. The normalized spacial score (nSPS) is 16.2. The van der Waals surface area contributed by atoms with Crippen LogP contribution in [0.25, 0.3) is 10.9 Å². The van der Waals surface area contributed by atoms with E-state index in [0.717, 1.165) is 39.0 Å². The van der Waals surface area contributed by atoms with Crippen molar-refractivity contribution < 1.29 is 19.4 Å². The third kappa shape index (κ3) is 2.84. The zero-order valence-corrected chi connectivity index (χ0v) is 15.0. The zero-order chi connectivity index (χ0) is 18.4. The monoisotopic (exact) mass is 371 g/mol. The van der Waals surface area contributed by atoms with Crippen LogP contribution >= 0.6 is 11.8 Å². The molecule has 1 aliphatic heterocycles. The Morgan fingerprint density at radius 3 is 2.69 bits per heavy atom. The number of halogens is 1. The van der Waals surface area contributed by atoms with Crippen molar-refractivity contribution >= 4 is 28.6 Å². The SMILES string of the molecule is CC1Cc2c(O)ccc3c2c(c(CC(=O)O)n3Cc2ccc(F)cc2)S1. The van der Waals surface area contributed by atoms with Crippen LogP contribution < -0.4 is 0 Å². The molecule has 1 unspecified atom stereocenters. The Morgan fingerprint density at radius 2 is 2.00 bits per heavy atom. The lowest BCUT2D eigenvalue weighted by Crippen LogP contribution is -2.11. The molecule has 134 valence electrons. The number of hydrogen-bond acceptors (Lipinski definition) is 3. The van der Waals surface area contributed by atoms with Gasteiger partial charge in [-0.25, -0.2) is 4.39 Å². The van der Waals surface area contributed by atoms with E-state index in [4.69, 9.17) is 0 Å². The van der Waals surface area contributed by atoms with E-state index in [0.29, 0.717) is 6.54 Å². The van der Waals surface area contributed by atoms with Gasteiger partial charge in [0.1, 0.15) is 11.6 Å². The molecule has 4 nitrogen and oxygen atoms in total. The third-order valence-electron chi connectivity index (χ3n) is 4.76. The molecular weight excluding hydrogens is 353 g/mol. The second-order valence-electron chi connectivity index (χ2n) is 6.65. The topological polar surface area (TPSA) is 62.5 Å². The van der Waals surface area contributed by atoms with Gasteiger partial charge in [-0.15, -0.1) is 11.8 Å². The maximum absolute atomic E-state index is 13.2. The highest BCUT2D eigenvalue weighted by molar-refractivity contribution is 8.00. The predicted molar refractivity (Wildman–Crippen MR) is 99.5 cm³/mol. The first-order valence-electron chi connectivity index (χ1n) is 8.43. The number of carboxylic acid groups (broad SMARTS) is 1.